The molecule has 0 aromatic carbocycles. The van der Waals surface area contributed by atoms with Crippen LogP contribution in [-0.2, 0) is 17.8 Å². The molecule has 24 heavy (non-hydrogen) atoms. The van der Waals surface area contributed by atoms with Gasteiger partial charge in [0.2, 0.25) is 5.91 Å². The van der Waals surface area contributed by atoms with Gasteiger partial charge in [0.25, 0.3) is 0 Å². The van der Waals surface area contributed by atoms with Crippen LogP contribution in [0.5, 0.6) is 0 Å². The van der Waals surface area contributed by atoms with Gasteiger partial charge in [0, 0.05) is 49.7 Å². The second-order valence-corrected chi connectivity index (χ2v) is 7.37. The third-order valence-electron chi connectivity index (χ3n) is 4.77. The summed E-state index contributed by atoms with van der Waals surface area (Å²) >= 11 is 1.75. The second-order valence-electron chi connectivity index (χ2n) is 6.48. The van der Waals surface area contributed by atoms with E-state index in [0.717, 1.165) is 51.1 Å². The predicted molar refractivity (Wildman–Crippen MR) is 96.2 cm³/mol. The lowest BCUT2D eigenvalue weighted by Gasteiger charge is -2.32. The van der Waals surface area contributed by atoms with Crippen molar-refractivity contribution in [1.29, 1.82) is 0 Å². The van der Waals surface area contributed by atoms with Gasteiger partial charge < -0.3 is 9.47 Å². The van der Waals surface area contributed by atoms with Crippen LogP contribution in [0.1, 0.15) is 55.1 Å². The van der Waals surface area contributed by atoms with E-state index < -0.39 is 0 Å². The molecular weight excluding hydrogens is 320 g/mol. The highest BCUT2D eigenvalue weighted by Crippen LogP contribution is 2.29. The van der Waals surface area contributed by atoms with Crippen LogP contribution in [0.2, 0.25) is 0 Å². The minimum atomic E-state index is 0.282. The Morgan fingerprint density at radius 2 is 2.33 bits per heavy atom. The maximum atomic E-state index is 12.5. The highest BCUT2D eigenvalue weighted by Gasteiger charge is 2.26. The number of thiazole rings is 1. The standard InChI is InChI=1S/C18H26N4OS/c1-3-16-13-24-18(20-16)15-6-4-10-22(12-15)17(23)7-5-9-21-11-8-19-14(21)2/h8,11,13,15H,3-7,9-10,12H2,1-2H3/t15-/m1/s1. The largest absolute Gasteiger partial charge is 0.342 e. The van der Waals surface area contributed by atoms with E-state index in [1.54, 1.807) is 11.3 Å². The number of aromatic nitrogens is 3. The number of rotatable bonds is 6. The molecule has 1 fully saturated rings. The number of likely N-dealkylation sites (tertiary alicyclic amines) is 1. The van der Waals surface area contributed by atoms with Gasteiger partial charge in [-0.15, -0.1) is 11.3 Å². The summed E-state index contributed by atoms with van der Waals surface area (Å²) in [5.74, 6) is 1.71. The van der Waals surface area contributed by atoms with Crippen LogP contribution in [0.25, 0.3) is 0 Å². The Kier molecular flexibility index (Phi) is 5.66. The number of carbonyl (C=O) groups excluding carboxylic acids is 1. The number of carbonyl (C=O) groups is 1. The van der Waals surface area contributed by atoms with Gasteiger partial charge in [-0.3, -0.25) is 4.79 Å². The van der Waals surface area contributed by atoms with Crippen molar-refractivity contribution in [3.63, 3.8) is 0 Å². The molecular formula is C18H26N4OS. The molecule has 130 valence electrons. The average molecular weight is 346 g/mol. The maximum absolute atomic E-state index is 12.5. The Hall–Kier alpha value is -1.69. The number of piperidine rings is 1. The highest BCUT2D eigenvalue weighted by atomic mass is 32.1. The minimum absolute atomic E-state index is 0.282. The Morgan fingerprint density at radius 3 is 3.04 bits per heavy atom. The molecule has 1 amide bonds. The quantitative estimate of drug-likeness (QED) is 0.805. The monoisotopic (exact) mass is 346 g/mol. The van der Waals surface area contributed by atoms with Crippen molar-refractivity contribution in [2.45, 2.75) is 58.4 Å². The molecule has 0 radical (unpaired) electrons. The lowest BCUT2D eigenvalue weighted by molar-refractivity contribution is -0.132. The van der Waals surface area contributed by atoms with Crippen molar-refractivity contribution in [1.82, 2.24) is 19.4 Å². The van der Waals surface area contributed by atoms with Crippen LogP contribution in [0.3, 0.4) is 0 Å². The zero-order valence-corrected chi connectivity index (χ0v) is 15.4. The maximum Gasteiger partial charge on any atom is 0.222 e. The molecule has 0 N–H and O–H groups in total. The van der Waals surface area contributed by atoms with Gasteiger partial charge in [0.1, 0.15) is 5.82 Å². The third kappa shape index (κ3) is 4.04. The highest BCUT2D eigenvalue weighted by molar-refractivity contribution is 7.09. The Morgan fingerprint density at radius 1 is 1.46 bits per heavy atom. The van der Waals surface area contributed by atoms with Gasteiger partial charge in [-0.1, -0.05) is 6.92 Å². The summed E-state index contributed by atoms with van der Waals surface area (Å²) in [6, 6.07) is 0. The minimum Gasteiger partial charge on any atom is -0.342 e. The summed E-state index contributed by atoms with van der Waals surface area (Å²) in [7, 11) is 0. The molecule has 3 heterocycles. The first-order valence-corrected chi connectivity index (χ1v) is 9.75. The summed E-state index contributed by atoms with van der Waals surface area (Å²) in [5.41, 5.74) is 1.18. The molecule has 0 spiro atoms. The van der Waals surface area contributed by atoms with E-state index in [1.165, 1.54) is 10.7 Å². The number of nitrogens with zero attached hydrogens (tertiary/aromatic N) is 4. The number of aryl methyl sites for hydroxylation is 3. The lowest BCUT2D eigenvalue weighted by Crippen LogP contribution is -2.39. The van der Waals surface area contributed by atoms with Gasteiger partial charge in [0.15, 0.2) is 0 Å². The number of hydrogen-bond donors (Lipinski definition) is 0. The molecule has 0 unspecified atom stereocenters. The fourth-order valence-corrected chi connectivity index (χ4v) is 4.31. The molecule has 1 aliphatic rings. The second kappa shape index (κ2) is 7.92. The summed E-state index contributed by atoms with van der Waals surface area (Å²) in [6.45, 7) is 6.72. The van der Waals surface area contributed by atoms with Crippen molar-refractivity contribution in [3.05, 3.63) is 34.3 Å². The van der Waals surface area contributed by atoms with Crippen LogP contribution >= 0.6 is 11.3 Å². The molecule has 0 aliphatic carbocycles. The van der Waals surface area contributed by atoms with Crippen LogP contribution in [0, 0.1) is 6.92 Å². The van der Waals surface area contributed by atoms with E-state index in [-0.39, 0.29) is 5.91 Å². The molecule has 3 rings (SSSR count). The van der Waals surface area contributed by atoms with E-state index in [0.29, 0.717) is 12.3 Å². The zero-order valence-electron chi connectivity index (χ0n) is 14.6. The molecule has 0 bridgehead atoms. The van der Waals surface area contributed by atoms with Crippen molar-refractivity contribution < 1.29 is 4.79 Å². The van der Waals surface area contributed by atoms with Crippen LogP contribution in [0.4, 0.5) is 0 Å². The first-order valence-electron chi connectivity index (χ1n) is 8.87. The molecule has 2 aromatic heterocycles. The molecule has 1 atom stereocenters. The molecule has 5 nitrogen and oxygen atoms in total. The summed E-state index contributed by atoms with van der Waals surface area (Å²) < 4.78 is 2.11. The van der Waals surface area contributed by atoms with E-state index in [4.69, 9.17) is 4.98 Å². The Bertz CT molecular complexity index is 678. The number of amides is 1. The van der Waals surface area contributed by atoms with Crippen molar-refractivity contribution in [3.8, 4) is 0 Å². The van der Waals surface area contributed by atoms with E-state index in [1.807, 2.05) is 24.2 Å². The summed E-state index contributed by atoms with van der Waals surface area (Å²) in [5, 5.41) is 3.36. The van der Waals surface area contributed by atoms with E-state index in [2.05, 4.69) is 21.9 Å². The molecule has 0 saturated carbocycles. The van der Waals surface area contributed by atoms with Crippen molar-refractivity contribution in [2.24, 2.45) is 0 Å². The fraction of sp³-hybridized carbons (Fsp3) is 0.611. The van der Waals surface area contributed by atoms with Crippen molar-refractivity contribution in [2.75, 3.05) is 13.1 Å². The van der Waals surface area contributed by atoms with Crippen LogP contribution < -0.4 is 0 Å². The summed E-state index contributed by atoms with van der Waals surface area (Å²) in [6.07, 6.45) is 8.48. The number of hydrogen-bond acceptors (Lipinski definition) is 4. The van der Waals surface area contributed by atoms with Gasteiger partial charge >= 0.3 is 0 Å². The van der Waals surface area contributed by atoms with Gasteiger partial charge in [-0.2, -0.15) is 0 Å². The summed E-state index contributed by atoms with van der Waals surface area (Å²) in [4.78, 5) is 23.5. The topological polar surface area (TPSA) is 51.0 Å². The Labute approximate surface area is 147 Å². The Balaban J connectivity index is 1.50. The molecule has 1 saturated heterocycles. The smallest absolute Gasteiger partial charge is 0.222 e. The predicted octanol–water partition coefficient (Wildman–Crippen LogP) is 3.40. The lowest BCUT2D eigenvalue weighted by atomic mass is 9.98. The van der Waals surface area contributed by atoms with Crippen molar-refractivity contribution >= 4 is 17.2 Å². The SMILES string of the molecule is CCc1csc([C@@H]2CCCN(C(=O)CCCn3ccnc3C)C2)n1. The van der Waals surface area contributed by atoms with Gasteiger partial charge in [-0.05, 0) is 32.6 Å². The van der Waals surface area contributed by atoms with Crippen LogP contribution in [-0.4, -0.2) is 38.4 Å². The molecule has 1 aliphatic heterocycles. The first kappa shape index (κ1) is 17.1. The van der Waals surface area contributed by atoms with E-state index in [9.17, 15) is 4.79 Å². The average Bonchev–Trinajstić information content (AvgIpc) is 3.24. The number of imidazole rings is 1. The molecule has 2 aromatic rings. The van der Waals surface area contributed by atoms with Gasteiger partial charge in [-0.25, -0.2) is 9.97 Å². The zero-order chi connectivity index (χ0) is 16.9. The normalized spacial score (nSPS) is 18.1. The van der Waals surface area contributed by atoms with E-state index >= 15 is 0 Å². The third-order valence-corrected chi connectivity index (χ3v) is 5.82. The molecule has 6 heteroatoms. The fourth-order valence-electron chi connectivity index (χ4n) is 3.28. The first-order chi connectivity index (χ1) is 11.7. The van der Waals surface area contributed by atoms with Crippen LogP contribution in [0.15, 0.2) is 17.8 Å². The van der Waals surface area contributed by atoms with Gasteiger partial charge in [0.05, 0.1) is 10.7 Å².